The molecular formula is C9H11BrFNO. The lowest BCUT2D eigenvalue weighted by molar-refractivity contribution is 0.407. The molecule has 72 valence electrons. The smallest absolute Gasteiger partial charge is 0.124 e. The standard InChI is InChI=1S/C9H11BrFNO/c1-12-9(10)7-5-6(11)3-4-8(7)13-2/h3-5,9,12H,1-2H3. The molecule has 2 nitrogen and oxygen atoms in total. The van der Waals surface area contributed by atoms with Crippen LogP contribution in [-0.4, -0.2) is 14.2 Å². The van der Waals surface area contributed by atoms with Crippen LogP contribution in [0, 0.1) is 5.82 Å². The Kier molecular flexibility index (Phi) is 3.69. The first-order valence-corrected chi connectivity index (χ1v) is 4.75. The molecule has 13 heavy (non-hydrogen) atoms. The number of benzene rings is 1. The minimum absolute atomic E-state index is 0.0989. The van der Waals surface area contributed by atoms with Crippen molar-refractivity contribution in [2.45, 2.75) is 4.95 Å². The second-order valence-electron chi connectivity index (χ2n) is 2.54. The third kappa shape index (κ3) is 2.42. The van der Waals surface area contributed by atoms with Crippen LogP contribution in [0.3, 0.4) is 0 Å². The number of nitrogens with one attached hydrogen (secondary N) is 1. The van der Waals surface area contributed by atoms with Gasteiger partial charge in [-0.05, 0) is 25.2 Å². The van der Waals surface area contributed by atoms with Crippen LogP contribution >= 0.6 is 15.9 Å². The van der Waals surface area contributed by atoms with Gasteiger partial charge in [0.2, 0.25) is 0 Å². The van der Waals surface area contributed by atoms with E-state index in [0.717, 1.165) is 5.56 Å². The lowest BCUT2D eigenvalue weighted by Crippen LogP contribution is -2.10. The van der Waals surface area contributed by atoms with E-state index in [9.17, 15) is 4.39 Å². The molecule has 0 heterocycles. The second kappa shape index (κ2) is 4.58. The molecule has 0 aliphatic carbocycles. The lowest BCUT2D eigenvalue weighted by atomic mass is 10.2. The van der Waals surface area contributed by atoms with Crippen LogP contribution in [0.5, 0.6) is 5.75 Å². The maximum atomic E-state index is 12.9. The topological polar surface area (TPSA) is 21.3 Å². The Morgan fingerprint density at radius 1 is 1.54 bits per heavy atom. The maximum absolute atomic E-state index is 12.9. The largest absolute Gasteiger partial charge is 0.496 e. The van der Waals surface area contributed by atoms with Crippen molar-refractivity contribution in [3.63, 3.8) is 0 Å². The summed E-state index contributed by atoms with van der Waals surface area (Å²) in [6.45, 7) is 0. The van der Waals surface area contributed by atoms with Gasteiger partial charge >= 0.3 is 0 Å². The highest BCUT2D eigenvalue weighted by atomic mass is 79.9. The average molecular weight is 248 g/mol. The lowest BCUT2D eigenvalue weighted by Gasteiger charge is -2.13. The van der Waals surface area contributed by atoms with Crippen LogP contribution in [0.1, 0.15) is 10.5 Å². The SMILES string of the molecule is CNC(Br)c1cc(F)ccc1OC. The highest BCUT2D eigenvalue weighted by Gasteiger charge is 2.11. The zero-order chi connectivity index (χ0) is 9.84. The molecule has 0 aromatic heterocycles. The Hall–Kier alpha value is -0.610. The quantitative estimate of drug-likeness (QED) is 0.655. The Morgan fingerprint density at radius 2 is 2.23 bits per heavy atom. The Balaban J connectivity index is 3.07. The molecule has 1 atom stereocenters. The van der Waals surface area contributed by atoms with Crippen molar-refractivity contribution >= 4 is 15.9 Å². The van der Waals surface area contributed by atoms with Gasteiger partial charge in [0.25, 0.3) is 0 Å². The number of rotatable bonds is 3. The number of alkyl halides is 1. The van der Waals surface area contributed by atoms with Gasteiger partial charge in [-0.25, -0.2) is 4.39 Å². The van der Waals surface area contributed by atoms with E-state index in [4.69, 9.17) is 4.74 Å². The minimum atomic E-state index is -0.268. The fourth-order valence-electron chi connectivity index (χ4n) is 1.06. The van der Waals surface area contributed by atoms with Crippen LogP contribution < -0.4 is 10.1 Å². The molecule has 1 N–H and O–H groups in total. The van der Waals surface area contributed by atoms with E-state index in [1.165, 1.54) is 12.1 Å². The first kappa shape index (κ1) is 10.5. The fraction of sp³-hybridized carbons (Fsp3) is 0.333. The minimum Gasteiger partial charge on any atom is -0.496 e. The third-order valence-corrected chi connectivity index (χ3v) is 2.67. The molecule has 0 radical (unpaired) electrons. The molecule has 0 aliphatic rings. The van der Waals surface area contributed by atoms with E-state index in [0.29, 0.717) is 5.75 Å². The van der Waals surface area contributed by atoms with Crippen LogP contribution in [0.25, 0.3) is 0 Å². The van der Waals surface area contributed by atoms with Gasteiger partial charge in [-0.3, -0.25) is 0 Å². The molecular weight excluding hydrogens is 237 g/mol. The maximum Gasteiger partial charge on any atom is 0.124 e. The summed E-state index contributed by atoms with van der Waals surface area (Å²) in [7, 11) is 3.34. The van der Waals surface area contributed by atoms with Gasteiger partial charge < -0.3 is 10.1 Å². The highest BCUT2D eigenvalue weighted by molar-refractivity contribution is 9.09. The second-order valence-corrected chi connectivity index (χ2v) is 3.45. The average Bonchev–Trinajstić information content (AvgIpc) is 2.16. The Bertz CT molecular complexity index is 293. The molecule has 1 unspecified atom stereocenters. The van der Waals surface area contributed by atoms with Crippen molar-refractivity contribution in [2.24, 2.45) is 0 Å². The number of methoxy groups -OCH3 is 1. The number of ether oxygens (including phenoxy) is 1. The van der Waals surface area contributed by atoms with Crippen molar-refractivity contribution < 1.29 is 9.13 Å². The summed E-state index contributed by atoms with van der Waals surface area (Å²) in [5.41, 5.74) is 0.755. The van der Waals surface area contributed by atoms with Gasteiger partial charge in [-0.15, -0.1) is 0 Å². The van der Waals surface area contributed by atoms with Crippen LogP contribution in [-0.2, 0) is 0 Å². The molecule has 0 bridgehead atoms. The molecule has 1 aromatic rings. The summed E-state index contributed by atoms with van der Waals surface area (Å²) in [4.78, 5) is -0.0989. The Labute approximate surface area is 85.2 Å². The fourth-order valence-corrected chi connectivity index (χ4v) is 1.42. The monoisotopic (exact) mass is 247 g/mol. The van der Waals surface area contributed by atoms with Crippen molar-refractivity contribution in [1.29, 1.82) is 0 Å². The first-order chi connectivity index (χ1) is 6.19. The summed E-state index contributed by atoms with van der Waals surface area (Å²) >= 11 is 3.35. The normalized spacial score (nSPS) is 12.6. The predicted octanol–water partition coefficient (Wildman–Crippen LogP) is 2.45. The molecule has 1 rings (SSSR count). The van der Waals surface area contributed by atoms with Crippen molar-refractivity contribution in [3.05, 3.63) is 29.6 Å². The van der Waals surface area contributed by atoms with Crippen molar-refractivity contribution in [2.75, 3.05) is 14.2 Å². The van der Waals surface area contributed by atoms with Crippen molar-refractivity contribution in [3.8, 4) is 5.75 Å². The zero-order valence-electron chi connectivity index (χ0n) is 7.47. The molecule has 4 heteroatoms. The number of hydrogen-bond acceptors (Lipinski definition) is 2. The van der Waals surface area contributed by atoms with Gasteiger partial charge in [0.1, 0.15) is 11.6 Å². The summed E-state index contributed by atoms with van der Waals surface area (Å²) in [6, 6.07) is 4.42. The van der Waals surface area contributed by atoms with Gasteiger partial charge in [0.15, 0.2) is 0 Å². The van der Waals surface area contributed by atoms with Crippen LogP contribution in [0.2, 0.25) is 0 Å². The molecule has 0 saturated carbocycles. The van der Waals surface area contributed by atoms with Gasteiger partial charge in [-0.1, -0.05) is 15.9 Å². The zero-order valence-corrected chi connectivity index (χ0v) is 9.06. The number of halogens is 2. The van der Waals surface area contributed by atoms with E-state index < -0.39 is 0 Å². The molecule has 0 aliphatic heterocycles. The van der Waals surface area contributed by atoms with E-state index in [1.807, 2.05) is 0 Å². The van der Waals surface area contributed by atoms with E-state index in [2.05, 4.69) is 21.2 Å². The Morgan fingerprint density at radius 3 is 2.77 bits per heavy atom. The summed E-state index contributed by atoms with van der Waals surface area (Å²) in [5.74, 6) is 0.396. The molecule has 0 spiro atoms. The summed E-state index contributed by atoms with van der Waals surface area (Å²) < 4.78 is 18.0. The molecule has 1 aromatic carbocycles. The molecule has 0 fully saturated rings. The highest BCUT2D eigenvalue weighted by Crippen LogP contribution is 2.29. The summed E-state index contributed by atoms with van der Waals surface area (Å²) in [5, 5.41) is 2.95. The van der Waals surface area contributed by atoms with Crippen molar-refractivity contribution in [1.82, 2.24) is 5.32 Å². The van der Waals surface area contributed by atoms with Crippen LogP contribution in [0.4, 0.5) is 4.39 Å². The van der Waals surface area contributed by atoms with E-state index in [1.54, 1.807) is 20.2 Å². The van der Waals surface area contributed by atoms with Crippen LogP contribution in [0.15, 0.2) is 18.2 Å². The third-order valence-electron chi connectivity index (χ3n) is 1.72. The predicted molar refractivity (Wildman–Crippen MR) is 53.7 cm³/mol. The molecule has 0 amide bonds. The van der Waals surface area contributed by atoms with E-state index in [-0.39, 0.29) is 10.8 Å². The number of hydrogen-bond donors (Lipinski definition) is 1. The van der Waals surface area contributed by atoms with Gasteiger partial charge in [0.05, 0.1) is 12.1 Å². The van der Waals surface area contributed by atoms with E-state index >= 15 is 0 Å². The van der Waals surface area contributed by atoms with Gasteiger partial charge in [0, 0.05) is 5.56 Å². The summed E-state index contributed by atoms with van der Waals surface area (Å²) in [6.07, 6.45) is 0. The van der Waals surface area contributed by atoms with Gasteiger partial charge in [-0.2, -0.15) is 0 Å². The first-order valence-electron chi connectivity index (χ1n) is 3.83. The molecule has 0 saturated heterocycles.